The first-order chi connectivity index (χ1) is 10.8. The Morgan fingerprint density at radius 2 is 1.78 bits per heavy atom. The third kappa shape index (κ3) is 4.87. The molecule has 0 saturated heterocycles. The van der Waals surface area contributed by atoms with Crippen molar-refractivity contribution in [1.29, 1.82) is 0 Å². The maximum atomic E-state index is 11.2. The van der Waals surface area contributed by atoms with Crippen LogP contribution < -0.4 is 10.5 Å². The second-order valence-corrected chi connectivity index (χ2v) is 7.24. The Morgan fingerprint density at radius 1 is 1.13 bits per heavy atom. The molecule has 0 amide bonds. The summed E-state index contributed by atoms with van der Waals surface area (Å²) in [6, 6.07) is 14.1. The van der Waals surface area contributed by atoms with E-state index in [1.807, 2.05) is 38.1 Å². The number of benzene rings is 2. The van der Waals surface area contributed by atoms with Gasteiger partial charge in [-0.25, -0.2) is 13.6 Å². The molecule has 0 spiro atoms. The van der Waals surface area contributed by atoms with E-state index in [1.165, 1.54) is 12.1 Å². The summed E-state index contributed by atoms with van der Waals surface area (Å²) >= 11 is 0. The summed E-state index contributed by atoms with van der Waals surface area (Å²) in [7, 11) is -3.67. The molecule has 2 aromatic carbocycles. The average Bonchev–Trinajstić information content (AvgIpc) is 2.51. The SMILES string of the molecule is Cc1cccc(C(O)CNC(C)c2ccc(S(N)(=O)=O)cc2)c1. The number of aryl methyl sites for hydroxylation is 1. The monoisotopic (exact) mass is 334 g/mol. The minimum absolute atomic E-state index is 0.0241. The van der Waals surface area contributed by atoms with Crippen LogP contribution in [0.2, 0.25) is 0 Å². The molecule has 23 heavy (non-hydrogen) atoms. The van der Waals surface area contributed by atoms with Gasteiger partial charge in [0, 0.05) is 12.6 Å². The third-order valence-corrected chi connectivity index (χ3v) is 4.68. The molecule has 0 aliphatic carbocycles. The highest BCUT2D eigenvalue weighted by molar-refractivity contribution is 7.89. The van der Waals surface area contributed by atoms with Crippen molar-refractivity contribution in [3.63, 3.8) is 0 Å². The Kier molecular flexibility index (Phi) is 5.54. The molecule has 0 aliphatic heterocycles. The number of primary sulfonamides is 1. The van der Waals surface area contributed by atoms with Crippen LogP contribution >= 0.6 is 0 Å². The molecule has 4 N–H and O–H groups in total. The van der Waals surface area contributed by atoms with Gasteiger partial charge in [0.2, 0.25) is 10.0 Å². The number of nitrogens with one attached hydrogen (secondary N) is 1. The molecule has 0 saturated carbocycles. The fraction of sp³-hybridized carbons (Fsp3) is 0.294. The van der Waals surface area contributed by atoms with Crippen LogP contribution in [-0.4, -0.2) is 20.1 Å². The van der Waals surface area contributed by atoms with Crippen molar-refractivity contribution >= 4 is 10.0 Å². The number of nitrogens with two attached hydrogens (primary N) is 1. The first-order valence-corrected chi connectivity index (χ1v) is 8.93. The van der Waals surface area contributed by atoms with Crippen molar-refractivity contribution in [2.45, 2.75) is 30.9 Å². The second kappa shape index (κ2) is 7.23. The van der Waals surface area contributed by atoms with Crippen molar-refractivity contribution in [2.75, 3.05) is 6.54 Å². The molecule has 6 heteroatoms. The van der Waals surface area contributed by atoms with E-state index >= 15 is 0 Å². The molecule has 0 aliphatic rings. The van der Waals surface area contributed by atoms with Crippen molar-refractivity contribution in [3.8, 4) is 0 Å². The van der Waals surface area contributed by atoms with Crippen LogP contribution in [0, 0.1) is 6.92 Å². The molecule has 124 valence electrons. The maximum Gasteiger partial charge on any atom is 0.238 e. The standard InChI is InChI=1S/C17H22N2O3S/c1-12-4-3-5-15(10-12)17(20)11-19-13(2)14-6-8-16(9-7-14)23(18,21)22/h3-10,13,17,19-20H,11H2,1-2H3,(H2,18,21,22). The topological polar surface area (TPSA) is 92.4 Å². The second-order valence-electron chi connectivity index (χ2n) is 5.67. The van der Waals surface area contributed by atoms with Crippen LogP contribution in [0.3, 0.4) is 0 Å². The Balaban J connectivity index is 1.98. The average molecular weight is 334 g/mol. The van der Waals surface area contributed by atoms with Crippen LogP contribution in [0.25, 0.3) is 0 Å². The van der Waals surface area contributed by atoms with E-state index in [-0.39, 0.29) is 10.9 Å². The Bertz CT molecular complexity index is 758. The molecule has 0 fully saturated rings. The zero-order chi connectivity index (χ0) is 17.0. The number of rotatable bonds is 6. The lowest BCUT2D eigenvalue weighted by Crippen LogP contribution is -2.24. The van der Waals surface area contributed by atoms with E-state index in [9.17, 15) is 13.5 Å². The lowest BCUT2D eigenvalue weighted by atomic mass is 10.1. The van der Waals surface area contributed by atoms with Gasteiger partial charge in [-0.3, -0.25) is 0 Å². The van der Waals surface area contributed by atoms with Gasteiger partial charge in [0.1, 0.15) is 0 Å². The van der Waals surface area contributed by atoms with Crippen molar-refractivity contribution < 1.29 is 13.5 Å². The van der Waals surface area contributed by atoms with Gasteiger partial charge in [-0.15, -0.1) is 0 Å². The van der Waals surface area contributed by atoms with E-state index in [1.54, 1.807) is 12.1 Å². The summed E-state index contributed by atoms with van der Waals surface area (Å²) in [4.78, 5) is 0.0910. The maximum absolute atomic E-state index is 11.2. The van der Waals surface area contributed by atoms with Crippen molar-refractivity contribution in [2.24, 2.45) is 5.14 Å². The number of sulfonamides is 1. The molecule has 2 unspecified atom stereocenters. The summed E-state index contributed by atoms with van der Waals surface area (Å²) in [5, 5.41) is 18.6. The zero-order valence-electron chi connectivity index (χ0n) is 13.2. The van der Waals surface area contributed by atoms with Gasteiger partial charge in [0.15, 0.2) is 0 Å². The van der Waals surface area contributed by atoms with E-state index in [0.717, 1.165) is 16.7 Å². The molecular formula is C17H22N2O3S. The Hall–Kier alpha value is -1.73. The predicted molar refractivity (Wildman–Crippen MR) is 90.4 cm³/mol. The van der Waals surface area contributed by atoms with Crippen LogP contribution in [0.15, 0.2) is 53.4 Å². The smallest absolute Gasteiger partial charge is 0.238 e. The number of aliphatic hydroxyl groups excluding tert-OH is 1. The van der Waals surface area contributed by atoms with E-state index < -0.39 is 16.1 Å². The summed E-state index contributed by atoms with van der Waals surface area (Å²) in [5.74, 6) is 0. The Morgan fingerprint density at radius 3 is 2.35 bits per heavy atom. The fourth-order valence-corrected chi connectivity index (χ4v) is 2.86. The minimum atomic E-state index is -3.67. The normalized spacial score (nSPS) is 14.4. The van der Waals surface area contributed by atoms with Crippen molar-refractivity contribution in [3.05, 3.63) is 65.2 Å². The summed E-state index contributed by atoms with van der Waals surface area (Å²) in [5.41, 5.74) is 2.90. The predicted octanol–water partition coefficient (Wildman–Crippen LogP) is 2.03. The lowest BCUT2D eigenvalue weighted by molar-refractivity contribution is 0.170. The minimum Gasteiger partial charge on any atom is -0.387 e. The Labute approximate surface area is 137 Å². The van der Waals surface area contributed by atoms with E-state index in [0.29, 0.717) is 6.54 Å². The van der Waals surface area contributed by atoms with Gasteiger partial charge in [0.05, 0.1) is 11.0 Å². The van der Waals surface area contributed by atoms with Gasteiger partial charge >= 0.3 is 0 Å². The van der Waals surface area contributed by atoms with Crippen molar-refractivity contribution in [1.82, 2.24) is 5.32 Å². The summed E-state index contributed by atoms with van der Waals surface area (Å²) in [6.07, 6.45) is -0.596. The number of aliphatic hydroxyl groups is 1. The fourth-order valence-electron chi connectivity index (χ4n) is 2.35. The van der Waals surface area contributed by atoms with Gasteiger partial charge < -0.3 is 10.4 Å². The summed E-state index contributed by atoms with van der Waals surface area (Å²) < 4.78 is 22.5. The molecule has 0 radical (unpaired) electrons. The van der Waals surface area contributed by atoms with Gasteiger partial charge in [0.25, 0.3) is 0 Å². The van der Waals surface area contributed by atoms with Gasteiger partial charge in [-0.2, -0.15) is 0 Å². The molecule has 0 bridgehead atoms. The van der Waals surface area contributed by atoms with Crippen LogP contribution in [0.4, 0.5) is 0 Å². The van der Waals surface area contributed by atoms with Crippen LogP contribution in [-0.2, 0) is 10.0 Å². The lowest BCUT2D eigenvalue weighted by Gasteiger charge is -2.18. The van der Waals surface area contributed by atoms with Crippen LogP contribution in [0.1, 0.15) is 35.8 Å². The van der Waals surface area contributed by atoms with E-state index in [2.05, 4.69) is 5.32 Å². The van der Waals surface area contributed by atoms with Crippen LogP contribution in [0.5, 0.6) is 0 Å². The third-order valence-electron chi connectivity index (χ3n) is 3.75. The zero-order valence-corrected chi connectivity index (χ0v) is 14.0. The molecule has 2 rings (SSSR count). The summed E-state index contributed by atoms with van der Waals surface area (Å²) in [6.45, 7) is 4.34. The highest BCUT2D eigenvalue weighted by Gasteiger charge is 2.12. The molecule has 5 nitrogen and oxygen atoms in total. The highest BCUT2D eigenvalue weighted by atomic mass is 32.2. The first kappa shape index (κ1) is 17.6. The molecular weight excluding hydrogens is 312 g/mol. The largest absolute Gasteiger partial charge is 0.387 e. The van der Waals surface area contributed by atoms with Gasteiger partial charge in [-0.1, -0.05) is 42.0 Å². The van der Waals surface area contributed by atoms with Gasteiger partial charge in [-0.05, 0) is 37.1 Å². The number of hydrogen-bond donors (Lipinski definition) is 3. The molecule has 2 aromatic rings. The molecule has 0 heterocycles. The number of hydrogen-bond acceptors (Lipinski definition) is 4. The van der Waals surface area contributed by atoms with E-state index in [4.69, 9.17) is 5.14 Å². The quantitative estimate of drug-likeness (QED) is 0.753. The molecule has 0 aromatic heterocycles. The molecule has 2 atom stereocenters. The highest BCUT2D eigenvalue weighted by Crippen LogP contribution is 2.18. The first-order valence-electron chi connectivity index (χ1n) is 7.38.